The topological polar surface area (TPSA) is 56.1 Å². The number of rotatable bonds is 2. The number of halogens is 2. The summed E-state index contributed by atoms with van der Waals surface area (Å²) in [7, 11) is 0. The van der Waals surface area contributed by atoms with Crippen LogP contribution in [0.15, 0.2) is 42.5 Å². The van der Waals surface area contributed by atoms with Crippen LogP contribution >= 0.6 is 23.2 Å². The monoisotopic (exact) mass is 359 g/mol. The van der Waals surface area contributed by atoms with Gasteiger partial charge in [0.15, 0.2) is 0 Å². The Balaban J connectivity index is 1.85. The molecule has 2 aromatic carbocycles. The quantitative estimate of drug-likeness (QED) is 0.816. The molecule has 0 bridgehead atoms. The van der Waals surface area contributed by atoms with E-state index in [9.17, 15) is 4.79 Å². The molecule has 6 heteroatoms. The van der Waals surface area contributed by atoms with E-state index in [4.69, 9.17) is 28.5 Å². The maximum Gasteiger partial charge on any atom is 0.322 e. The Labute approximate surface area is 150 Å². The lowest BCUT2D eigenvalue weighted by atomic mass is 9.91. The smallest absolute Gasteiger partial charge is 0.316 e. The molecule has 1 aliphatic heterocycles. The van der Waals surface area contributed by atoms with Crippen molar-refractivity contribution >= 4 is 34.9 Å². The fourth-order valence-corrected chi connectivity index (χ4v) is 3.43. The molecule has 2 aromatic rings. The van der Waals surface area contributed by atoms with Crippen LogP contribution in [0.25, 0.3) is 0 Å². The molecule has 3 rings (SSSR count). The molecule has 0 aliphatic carbocycles. The van der Waals surface area contributed by atoms with E-state index in [2.05, 4.69) is 11.4 Å². The van der Waals surface area contributed by atoms with Crippen molar-refractivity contribution in [1.29, 1.82) is 5.26 Å². The Morgan fingerprint density at radius 1 is 1.29 bits per heavy atom. The average molecular weight is 360 g/mol. The van der Waals surface area contributed by atoms with Gasteiger partial charge in [-0.1, -0.05) is 47.5 Å². The van der Waals surface area contributed by atoms with Crippen molar-refractivity contribution in [3.8, 4) is 6.07 Å². The van der Waals surface area contributed by atoms with Crippen molar-refractivity contribution in [3.05, 3.63) is 63.6 Å². The van der Waals surface area contributed by atoms with Crippen LogP contribution in [-0.2, 0) is 6.42 Å². The Morgan fingerprint density at radius 3 is 2.83 bits per heavy atom. The number of anilines is 1. The molecule has 122 valence electrons. The number of urea groups is 1. The van der Waals surface area contributed by atoms with Gasteiger partial charge in [-0.15, -0.1) is 0 Å². The number of amides is 2. The molecule has 0 saturated heterocycles. The predicted molar refractivity (Wildman–Crippen MR) is 95.3 cm³/mol. The largest absolute Gasteiger partial charge is 0.322 e. The number of carbonyl (C=O) groups is 1. The molecule has 0 saturated carbocycles. The van der Waals surface area contributed by atoms with Gasteiger partial charge in [0.05, 0.1) is 29.2 Å². The average Bonchev–Trinajstić information content (AvgIpc) is 2.58. The SMILES string of the molecule is N#CC[C@H]1c2ccccc2CCN1C(=O)Nc1ccc(Cl)cc1Cl. The van der Waals surface area contributed by atoms with Crippen LogP contribution in [-0.4, -0.2) is 17.5 Å². The molecular formula is C18H15Cl2N3O. The molecule has 1 heterocycles. The summed E-state index contributed by atoms with van der Waals surface area (Å²) in [5.74, 6) is 0. The normalized spacial score (nSPS) is 16.2. The first-order valence-corrected chi connectivity index (χ1v) is 8.33. The maximum atomic E-state index is 12.7. The number of carbonyl (C=O) groups excluding carboxylic acids is 1. The Bertz CT molecular complexity index is 816. The van der Waals surface area contributed by atoms with E-state index >= 15 is 0 Å². The zero-order valence-electron chi connectivity index (χ0n) is 12.8. The fourth-order valence-electron chi connectivity index (χ4n) is 2.98. The molecule has 1 N–H and O–H groups in total. The minimum atomic E-state index is -0.269. The van der Waals surface area contributed by atoms with Gasteiger partial charge in [0.25, 0.3) is 0 Å². The van der Waals surface area contributed by atoms with Crippen LogP contribution in [0, 0.1) is 11.3 Å². The van der Waals surface area contributed by atoms with Crippen LogP contribution in [0.5, 0.6) is 0 Å². The summed E-state index contributed by atoms with van der Waals surface area (Å²) >= 11 is 12.0. The standard InChI is InChI=1S/C18H15Cl2N3O/c19-13-5-6-16(15(20)11-13)22-18(24)23-10-8-12-3-1-2-4-14(12)17(23)7-9-21/h1-6,11,17H,7-8,10H2,(H,22,24)/t17-/m0/s1. The van der Waals surface area contributed by atoms with Gasteiger partial charge in [-0.05, 0) is 35.7 Å². The third kappa shape index (κ3) is 3.33. The number of nitriles is 1. The van der Waals surface area contributed by atoms with Crippen LogP contribution < -0.4 is 5.32 Å². The zero-order chi connectivity index (χ0) is 17.1. The van der Waals surface area contributed by atoms with Crippen LogP contribution in [0.4, 0.5) is 10.5 Å². The lowest BCUT2D eigenvalue weighted by molar-refractivity contribution is 0.183. The summed E-state index contributed by atoms with van der Waals surface area (Å²) in [6.07, 6.45) is 1.01. The van der Waals surface area contributed by atoms with Crippen molar-refractivity contribution in [3.63, 3.8) is 0 Å². The molecule has 1 atom stereocenters. The van der Waals surface area contributed by atoms with Gasteiger partial charge in [0.1, 0.15) is 0 Å². The van der Waals surface area contributed by atoms with Crippen molar-refractivity contribution in [2.75, 3.05) is 11.9 Å². The van der Waals surface area contributed by atoms with E-state index < -0.39 is 0 Å². The summed E-state index contributed by atoms with van der Waals surface area (Å²) in [5.41, 5.74) is 2.72. The van der Waals surface area contributed by atoms with E-state index in [-0.39, 0.29) is 18.5 Å². The molecular weight excluding hydrogens is 345 g/mol. The summed E-state index contributed by atoms with van der Waals surface area (Å²) < 4.78 is 0. The number of nitrogens with one attached hydrogen (secondary N) is 1. The van der Waals surface area contributed by atoms with E-state index in [1.807, 2.05) is 24.3 Å². The summed E-state index contributed by atoms with van der Waals surface area (Å²) in [4.78, 5) is 14.4. The van der Waals surface area contributed by atoms with Gasteiger partial charge in [-0.2, -0.15) is 5.26 Å². The molecule has 0 unspecified atom stereocenters. The first-order valence-electron chi connectivity index (χ1n) is 7.57. The molecule has 24 heavy (non-hydrogen) atoms. The van der Waals surface area contributed by atoms with E-state index in [1.54, 1.807) is 23.1 Å². The van der Waals surface area contributed by atoms with Gasteiger partial charge in [0, 0.05) is 11.6 Å². The fraction of sp³-hybridized carbons (Fsp3) is 0.222. The van der Waals surface area contributed by atoms with Crippen molar-refractivity contribution in [2.24, 2.45) is 0 Å². The molecule has 0 aromatic heterocycles. The highest BCUT2D eigenvalue weighted by atomic mass is 35.5. The molecule has 1 aliphatic rings. The number of hydrogen-bond acceptors (Lipinski definition) is 2. The molecule has 0 fully saturated rings. The highest BCUT2D eigenvalue weighted by molar-refractivity contribution is 6.36. The summed E-state index contributed by atoms with van der Waals surface area (Å²) in [6.45, 7) is 0.556. The third-order valence-electron chi connectivity index (χ3n) is 4.13. The first-order chi connectivity index (χ1) is 11.6. The maximum absolute atomic E-state index is 12.7. The Kier molecular flexibility index (Phi) is 4.94. The van der Waals surface area contributed by atoms with Gasteiger partial charge in [0.2, 0.25) is 0 Å². The zero-order valence-corrected chi connectivity index (χ0v) is 14.3. The summed E-state index contributed by atoms with van der Waals surface area (Å²) in [5, 5.41) is 12.9. The number of benzene rings is 2. The van der Waals surface area contributed by atoms with Crippen LogP contribution in [0.3, 0.4) is 0 Å². The van der Waals surface area contributed by atoms with Gasteiger partial charge in [-0.3, -0.25) is 0 Å². The lowest BCUT2D eigenvalue weighted by Gasteiger charge is -2.36. The minimum Gasteiger partial charge on any atom is -0.316 e. The van der Waals surface area contributed by atoms with E-state index in [0.717, 1.165) is 12.0 Å². The Morgan fingerprint density at radius 2 is 2.08 bits per heavy atom. The summed E-state index contributed by atoms with van der Waals surface area (Å²) in [6, 6.07) is 14.5. The number of nitrogens with zero attached hydrogens (tertiary/aromatic N) is 2. The number of fused-ring (bicyclic) bond motifs is 1. The van der Waals surface area contributed by atoms with Gasteiger partial charge < -0.3 is 10.2 Å². The molecule has 2 amide bonds. The molecule has 4 nitrogen and oxygen atoms in total. The van der Waals surface area contributed by atoms with E-state index in [1.165, 1.54) is 5.56 Å². The third-order valence-corrected chi connectivity index (χ3v) is 4.68. The highest BCUT2D eigenvalue weighted by Crippen LogP contribution is 2.33. The van der Waals surface area contributed by atoms with Crippen LogP contribution in [0.2, 0.25) is 10.0 Å². The molecule has 0 radical (unpaired) electrons. The van der Waals surface area contributed by atoms with Crippen LogP contribution in [0.1, 0.15) is 23.6 Å². The van der Waals surface area contributed by atoms with Gasteiger partial charge >= 0.3 is 6.03 Å². The minimum absolute atomic E-state index is 0.249. The first kappa shape index (κ1) is 16.6. The second-order valence-electron chi connectivity index (χ2n) is 5.57. The lowest BCUT2D eigenvalue weighted by Crippen LogP contribution is -2.42. The number of hydrogen-bond donors (Lipinski definition) is 1. The highest BCUT2D eigenvalue weighted by Gasteiger charge is 2.30. The predicted octanol–water partition coefficient (Wildman–Crippen LogP) is 5.04. The van der Waals surface area contributed by atoms with Crippen molar-refractivity contribution in [1.82, 2.24) is 4.90 Å². The van der Waals surface area contributed by atoms with Crippen molar-refractivity contribution in [2.45, 2.75) is 18.9 Å². The second-order valence-corrected chi connectivity index (χ2v) is 6.42. The van der Waals surface area contributed by atoms with Crippen molar-refractivity contribution < 1.29 is 4.79 Å². The molecule has 0 spiro atoms. The Hall–Kier alpha value is -2.22. The second kappa shape index (κ2) is 7.12. The van der Waals surface area contributed by atoms with E-state index in [0.29, 0.717) is 22.3 Å². The van der Waals surface area contributed by atoms with Gasteiger partial charge in [-0.25, -0.2) is 4.79 Å².